The van der Waals surface area contributed by atoms with E-state index in [2.05, 4.69) is 15.6 Å². The van der Waals surface area contributed by atoms with E-state index in [0.29, 0.717) is 33.7 Å². The Hall–Kier alpha value is -3.29. The molecule has 0 saturated heterocycles. The highest BCUT2D eigenvalue weighted by Crippen LogP contribution is 2.25. The molecule has 1 N–H and O–H groups in total. The molecule has 2 heterocycles. The average Bonchev–Trinajstić information content (AvgIpc) is 3.33. The van der Waals surface area contributed by atoms with Gasteiger partial charge in [0.15, 0.2) is 11.5 Å². The van der Waals surface area contributed by atoms with Gasteiger partial charge in [0.1, 0.15) is 18.1 Å². The Bertz CT molecular complexity index is 1360. The van der Waals surface area contributed by atoms with E-state index >= 15 is 0 Å². The number of nitrogens with zero attached hydrogens (tertiary/aromatic N) is 3. The van der Waals surface area contributed by atoms with E-state index in [1.807, 2.05) is 45.0 Å². The first-order valence-corrected chi connectivity index (χ1v) is 11.4. The van der Waals surface area contributed by atoms with E-state index in [-0.39, 0.29) is 12.3 Å². The van der Waals surface area contributed by atoms with Gasteiger partial charge in [-0.1, -0.05) is 46.6 Å². The molecular formula is C25H24Cl2N4O3. The van der Waals surface area contributed by atoms with Crippen molar-refractivity contribution in [3.05, 3.63) is 91.9 Å². The van der Waals surface area contributed by atoms with Gasteiger partial charge in [0, 0.05) is 11.8 Å². The van der Waals surface area contributed by atoms with Gasteiger partial charge in [0.2, 0.25) is 0 Å². The summed E-state index contributed by atoms with van der Waals surface area (Å²) >= 11 is 12.1. The van der Waals surface area contributed by atoms with Crippen LogP contribution in [0, 0.1) is 27.7 Å². The van der Waals surface area contributed by atoms with Crippen LogP contribution >= 0.6 is 23.2 Å². The lowest BCUT2D eigenvalue weighted by molar-refractivity contribution is 0.101. The van der Waals surface area contributed by atoms with Crippen LogP contribution in [-0.4, -0.2) is 20.8 Å². The summed E-state index contributed by atoms with van der Waals surface area (Å²) < 4.78 is 13.0. The number of hydrogen-bond acceptors (Lipinski definition) is 5. The van der Waals surface area contributed by atoms with Crippen LogP contribution < -0.4 is 10.1 Å². The molecule has 0 aliphatic rings. The van der Waals surface area contributed by atoms with Gasteiger partial charge in [-0.25, -0.2) is 0 Å². The van der Waals surface area contributed by atoms with Gasteiger partial charge in [-0.05, 0) is 62.6 Å². The van der Waals surface area contributed by atoms with Crippen molar-refractivity contribution in [1.82, 2.24) is 14.9 Å². The molecule has 0 aliphatic heterocycles. The van der Waals surface area contributed by atoms with E-state index in [4.69, 9.17) is 32.5 Å². The van der Waals surface area contributed by atoms with Crippen LogP contribution in [0.15, 0.2) is 47.0 Å². The highest BCUT2D eigenvalue weighted by molar-refractivity contribution is 6.42. The number of anilines is 1. The number of ether oxygens (including phenoxy) is 1. The lowest BCUT2D eigenvalue weighted by atomic mass is 10.1. The van der Waals surface area contributed by atoms with Crippen molar-refractivity contribution in [2.45, 2.75) is 40.8 Å². The van der Waals surface area contributed by atoms with Gasteiger partial charge in [-0.15, -0.1) is 0 Å². The third kappa shape index (κ3) is 5.26. The number of carbonyl (C=O) groups excluding carboxylic acids is 1. The minimum atomic E-state index is -0.421. The van der Waals surface area contributed by atoms with Crippen molar-refractivity contribution >= 4 is 34.9 Å². The summed E-state index contributed by atoms with van der Waals surface area (Å²) in [7, 11) is 0. The number of hydrogen-bond donors (Lipinski definition) is 1. The first kappa shape index (κ1) is 23.9. The second-order valence-corrected chi connectivity index (χ2v) is 8.97. The second-order valence-electron chi connectivity index (χ2n) is 8.15. The zero-order chi connectivity index (χ0) is 24.4. The van der Waals surface area contributed by atoms with Gasteiger partial charge >= 0.3 is 0 Å². The van der Waals surface area contributed by atoms with Crippen molar-refractivity contribution in [3.8, 4) is 5.75 Å². The van der Waals surface area contributed by atoms with Crippen molar-refractivity contribution in [1.29, 1.82) is 0 Å². The Morgan fingerprint density at radius 2 is 1.85 bits per heavy atom. The monoisotopic (exact) mass is 498 g/mol. The smallest absolute Gasteiger partial charge is 0.279 e. The second kappa shape index (κ2) is 9.91. The van der Waals surface area contributed by atoms with E-state index in [9.17, 15) is 4.79 Å². The van der Waals surface area contributed by atoms with E-state index in [0.717, 1.165) is 28.1 Å². The highest BCUT2D eigenvalue weighted by atomic mass is 35.5. The van der Waals surface area contributed by atoms with Crippen molar-refractivity contribution in [2.24, 2.45) is 0 Å². The van der Waals surface area contributed by atoms with Crippen LogP contribution in [0.4, 0.5) is 5.82 Å². The number of rotatable bonds is 7. The Morgan fingerprint density at radius 1 is 1.06 bits per heavy atom. The zero-order valence-corrected chi connectivity index (χ0v) is 20.8. The number of carbonyl (C=O) groups is 1. The van der Waals surface area contributed by atoms with Gasteiger partial charge < -0.3 is 14.6 Å². The number of benzene rings is 2. The topological polar surface area (TPSA) is 82.2 Å². The summed E-state index contributed by atoms with van der Waals surface area (Å²) in [5.74, 6) is 1.26. The third-order valence-corrected chi connectivity index (χ3v) is 6.19. The molecule has 0 radical (unpaired) electrons. The van der Waals surface area contributed by atoms with Crippen LogP contribution in [0.1, 0.15) is 44.2 Å². The normalized spacial score (nSPS) is 11.0. The molecule has 0 aliphatic carbocycles. The predicted molar refractivity (Wildman–Crippen MR) is 132 cm³/mol. The molecule has 34 heavy (non-hydrogen) atoms. The lowest BCUT2D eigenvalue weighted by Crippen LogP contribution is -2.16. The summed E-state index contributed by atoms with van der Waals surface area (Å²) in [4.78, 5) is 13.0. The van der Waals surface area contributed by atoms with E-state index < -0.39 is 5.91 Å². The maximum Gasteiger partial charge on any atom is 0.279 e. The van der Waals surface area contributed by atoms with Crippen LogP contribution in [0.3, 0.4) is 0 Å². The fourth-order valence-corrected chi connectivity index (χ4v) is 3.79. The fourth-order valence-electron chi connectivity index (χ4n) is 3.47. The summed E-state index contributed by atoms with van der Waals surface area (Å²) in [5, 5.41) is 12.2. The minimum absolute atomic E-state index is 0.160. The molecule has 0 bridgehead atoms. The van der Waals surface area contributed by atoms with Gasteiger partial charge in [0.05, 0.1) is 22.2 Å². The lowest BCUT2D eigenvalue weighted by Gasteiger charge is -2.10. The molecule has 0 saturated carbocycles. The summed E-state index contributed by atoms with van der Waals surface area (Å²) in [6, 6.07) is 13.2. The molecule has 0 fully saturated rings. The highest BCUT2D eigenvalue weighted by Gasteiger charge is 2.22. The van der Waals surface area contributed by atoms with Crippen molar-refractivity contribution < 1.29 is 14.1 Å². The Kier molecular flexibility index (Phi) is 6.95. The minimum Gasteiger partial charge on any atom is -0.488 e. The molecule has 2 aromatic carbocycles. The Balaban J connectivity index is 1.47. The molecule has 2 aromatic heterocycles. The summed E-state index contributed by atoms with van der Waals surface area (Å²) in [6.45, 7) is 8.27. The molecule has 0 unspecified atom stereocenters. The molecule has 0 spiro atoms. The molecule has 176 valence electrons. The average molecular weight is 499 g/mol. The van der Waals surface area contributed by atoms with Crippen molar-refractivity contribution in [3.63, 3.8) is 0 Å². The summed E-state index contributed by atoms with van der Waals surface area (Å²) in [6.07, 6.45) is 0. The van der Waals surface area contributed by atoms with Crippen LogP contribution in [-0.2, 0) is 13.2 Å². The van der Waals surface area contributed by atoms with Crippen molar-refractivity contribution in [2.75, 3.05) is 5.32 Å². The van der Waals surface area contributed by atoms with Gasteiger partial charge in [-0.2, -0.15) is 5.10 Å². The van der Waals surface area contributed by atoms with Crippen LogP contribution in [0.25, 0.3) is 0 Å². The fraction of sp³-hybridized carbons (Fsp3) is 0.240. The standard InChI is InChI=1S/C25H24Cl2N4O3/c1-14-5-6-15(2)22(9-14)33-13-19-17(4)34-30-24(19)25(32)28-23-10-16(3)31(29-23)12-18-7-8-20(26)21(27)11-18/h5-11H,12-13H2,1-4H3,(H,28,29,32). The SMILES string of the molecule is Cc1ccc(C)c(OCc2c(C(=O)Nc3cc(C)n(Cc4ccc(Cl)c(Cl)c4)n3)noc2C)c1. The number of nitrogens with one attached hydrogen (secondary N) is 1. The molecule has 1 amide bonds. The molecule has 4 rings (SSSR count). The predicted octanol–water partition coefficient (Wildman–Crippen LogP) is 6.29. The Morgan fingerprint density at radius 3 is 2.62 bits per heavy atom. The quantitative estimate of drug-likeness (QED) is 0.323. The molecule has 0 atom stereocenters. The third-order valence-electron chi connectivity index (χ3n) is 5.45. The van der Waals surface area contributed by atoms with Crippen LogP contribution in [0.2, 0.25) is 10.0 Å². The van der Waals surface area contributed by atoms with Crippen LogP contribution in [0.5, 0.6) is 5.75 Å². The number of aryl methyl sites for hydroxylation is 4. The molecule has 7 nitrogen and oxygen atoms in total. The zero-order valence-electron chi connectivity index (χ0n) is 19.3. The maximum atomic E-state index is 13.0. The number of amides is 1. The summed E-state index contributed by atoms with van der Waals surface area (Å²) in [5.41, 5.74) is 4.67. The van der Waals surface area contributed by atoms with E-state index in [1.165, 1.54) is 0 Å². The van der Waals surface area contributed by atoms with Gasteiger partial charge in [0.25, 0.3) is 5.91 Å². The first-order valence-electron chi connectivity index (χ1n) is 10.7. The number of halogens is 2. The van der Waals surface area contributed by atoms with E-state index in [1.54, 1.807) is 29.8 Å². The maximum absolute atomic E-state index is 13.0. The molecule has 4 aromatic rings. The largest absolute Gasteiger partial charge is 0.488 e. The number of aromatic nitrogens is 3. The van der Waals surface area contributed by atoms with Gasteiger partial charge in [-0.3, -0.25) is 9.48 Å². The molecule has 9 heteroatoms. The molecular weight excluding hydrogens is 475 g/mol. The first-order chi connectivity index (χ1) is 16.2. The Labute approximate surface area is 207 Å².